The molecule has 1 saturated heterocycles. The number of aromatic nitrogens is 3. The molecule has 21 heavy (non-hydrogen) atoms. The summed E-state index contributed by atoms with van der Waals surface area (Å²) in [6.45, 7) is 8.18. The maximum absolute atomic E-state index is 6.07. The summed E-state index contributed by atoms with van der Waals surface area (Å²) in [6.07, 6.45) is 2.98. The van der Waals surface area contributed by atoms with Crippen molar-refractivity contribution in [3.05, 3.63) is 36.9 Å². The van der Waals surface area contributed by atoms with Crippen molar-refractivity contribution in [2.75, 3.05) is 0 Å². The highest BCUT2D eigenvalue weighted by Gasteiger charge is 2.51. The van der Waals surface area contributed by atoms with Crippen LogP contribution in [-0.2, 0) is 9.31 Å². The van der Waals surface area contributed by atoms with Crippen LogP contribution in [0.15, 0.2) is 36.9 Å². The fourth-order valence-electron chi connectivity index (χ4n) is 2.19. The first kappa shape index (κ1) is 14.2. The lowest BCUT2D eigenvalue weighted by molar-refractivity contribution is 0.00578. The molecule has 1 fully saturated rings. The Labute approximate surface area is 124 Å². The van der Waals surface area contributed by atoms with Crippen LogP contribution in [0, 0.1) is 0 Å². The van der Waals surface area contributed by atoms with Gasteiger partial charge in [0.2, 0.25) is 0 Å². The minimum Gasteiger partial charge on any atom is -0.399 e. The van der Waals surface area contributed by atoms with Gasteiger partial charge in [-0.3, -0.25) is 0 Å². The van der Waals surface area contributed by atoms with Crippen molar-refractivity contribution in [2.24, 2.45) is 0 Å². The van der Waals surface area contributed by atoms with Crippen LogP contribution < -0.4 is 5.46 Å². The van der Waals surface area contributed by atoms with Gasteiger partial charge in [-0.2, -0.15) is 0 Å². The zero-order valence-electron chi connectivity index (χ0n) is 12.7. The van der Waals surface area contributed by atoms with Gasteiger partial charge in [-0.05, 0) is 33.2 Å². The van der Waals surface area contributed by atoms with Crippen LogP contribution in [0.3, 0.4) is 0 Å². The van der Waals surface area contributed by atoms with Crippen molar-refractivity contribution in [3.8, 4) is 11.4 Å². The summed E-state index contributed by atoms with van der Waals surface area (Å²) in [5, 5.41) is 0. The zero-order chi connectivity index (χ0) is 15.1. The molecule has 108 valence electrons. The molecule has 6 heteroatoms. The lowest BCUT2D eigenvalue weighted by atomic mass is 9.78. The van der Waals surface area contributed by atoms with Crippen LogP contribution in [0.2, 0.25) is 0 Å². The average Bonchev–Trinajstić information content (AvgIpc) is 2.69. The highest BCUT2D eigenvalue weighted by Crippen LogP contribution is 2.36. The Bertz CT molecular complexity index is 630. The molecule has 0 radical (unpaired) electrons. The van der Waals surface area contributed by atoms with Crippen LogP contribution >= 0.6 is 0 Å². The predicted molar refractivity (Wildman–Crippen MR) is 81.0 cm³/mol. The molecule has 2 heterocycles. The summed E-state index contributed by atoms with van der Waals surface area (Å²) >= 11 is 0. The molecule has 0 bridgehead atoms. The van der Waals surface area contributed by atoms with Crippen LogP contribution in [0.5, 0.6) is 0 Å². The van der Waals surface area contributed by atoms with E-state index in [0.717, 1.165) is 11.0 Å². The van der Waals surface area contributed by atoms with E-state index in [1.807, 2.05) is 52.0 Å². The van der Waals surface area contributed by atoms with Crippen molar-refractivity contribution in [3.63, 3.8) is 0 Å². The Morgan fingerprint density at radius 1 is 0.952 bits per heavy atom. The first-order chi connectivity index (χ1) is 9.89. The summed E-state index contributed by atoms with van der Waals surface area (Å²) in [7, 11) is -0.378. The molecule has 1 aliphatic heterocycles. The predicted octanol–water partition coefficient (Wildman–Crippen LogP) is 1.84. The van der Waals surface area contributed by atoms with Gasteiger partial charge in [-0.15, -0.1) is 0 Å². The lowest BCUT2D eigenvalue weighted by Crippen LogP contribution is -2.41. The van der Waals surface area contributed by atoms with Crippen molar-refractivity contribution in [1.82, 2.24) is 15.0 Å². The summed E-state index contributed by atoms with van der Waals surface area (Å²) in [5.41, 5.74) is 1.19. The summed E-state index contributed by atoms with van der Waals surface area (Å²) in [4.78, 5) is 12.2. The number of rotatable bonds is 2. The van der Waals surface area contributed by atoms with E-state index in [9.17, 15) is 0 Å². The Hall–Kier alpha value is -1.79. The Morgan fingerprint density at radius 3 is 2.19 bits per heavy atom. The van der Waals surface area contributed by atoms with E-state index in [4.69, 9.17) is 9.31 Å². The quantitative estimate of drug-likeness (QED) is 0.787. The van der Waals surface area contributed by atoms with Crippen LogP contribution in [-0.4, -0.2) is 33.3 Å². The van der Waals surface area contributed by atoms with Gasteiger partial charge in [0.1, 0.15) is 12.7 Å². The van der Waals surface area contributed by atoms with Gasteiger partial charge in [0, 0.05) is 5.56 Å². The van der Waals surface area contributed by atoms with Gasteiger partial charge in [0.15, 0.2) is 5.82 Å². The number of benzene rings is 1. The largest absolute Gasteiger partial charge is 0.494 e. The molecule has 1 aromatic heterocycles. The maximum Gasteiger partial charge on any atom is 0.494 e. The second-order valence-electron chi connectivity index (χ2n) is 6.18. The van der Waals surface area contributed by atoms with Crippen molar-refractivity contribution in [2.45, 2.75) is 38.9 Å². The summed E-state index contributed by atoms with van der Waals surface area (Å²) in [6, 6.07) is 7.91. The average molecular weight is 283 g/mol. The Kier molecular flexibility index (Phi) is 3.30. The van der Waals surface area contributed by atoms with E-state index in [1.54, 1.807) is 0 Å². The third kappa shape index (κ3) is 2.56. The third-order valence-electron chi connectivity index (χ3n) is 4.16. The van der Waals surface area contributed by atoms with Crippen molar-refractivity contribution in [1.29, 1.82) is 0 Å². The molecular formula is C15H18BN3O2. The zero-order valence-corrected chi connectivity index (χ0v) is 12.7. The van der Waals surface area contributed by atoms with E-state index in [2.05, 4.69) is 15.0 Å². The van der Waals surface area contributed by atoms with Crippen LogP contribution in [0.1, 0.15) is 27.7 Å². The Morgan fingerprint density at radius 2 is 1.57 bits per heavy atom. The molecule has 0 N–H and O–H groups in total. The first-order valence-electron chi connectivity index (χ1n) is 6.97. The van der Waals surface area contributed by atoms with Crippen LogP contribution in [0.25, 0.3) is 11.4 Å². The second kappa shape index (κ2) is 4.89. The second-order valence-corrected chi connectivity index (χ2v) is 6.18. The monoisotopic (exact) mass is 283 g/mol. The molecule has 0 unspecified atom stereocenters. The minimum absolute atomic E-state index is 0.346. The highest BCUT2D eigenvalue weighted by atomic mass is 16.7. The van der Waals surface area contributed by atoms with Gasteiger partial charge in [-0.25, -0.2) is 15.0 Å². The molecular weight excluding hydrogens is 265 g/mol. The molecule has 1 aliphatic rings. The number of nitrogens with zero attached hydrogens (tertiary/aromatic N) is 3. The molecule has 3 rings (SSSR count). The van der Waals surface area contributed by atoms with E-state index in [0.29, 0.717) is 5.82 Å². The fraction of sp³-hybridized carbons (Fsp3) is 0.400. The summed E-state index contributed by atoms with van der Waals surface area (Å²) in [5.74, 6) is 0.642. The highest BCUT2D eigenvalue weighted by molar-refractivity contribution is 6.62. The van der Waals surface area contributed by atoms with Gasteiger partial charge in [0.05, 0.1) is 11.2 Å². The number of hydrogen-bond acceptors (Lipinski definition) is 5. The minimum atomic E-state index is -0.378. The van der Waals surface area contributed by atoms with E-state index in [-0.39, 0.29) is 18.3 Å². The molecule has 0 amide bonds. The number of hydrogen-bond donors (Lipinski definition) is 0. The lowest BCUT2D eigenvalue weighted by Gasteiger charge is -2.32. The van der Waals surface area contributed by atoms with Gasteiger partial charge in [0.25, 0.3) is 0 Å². The standard InChI is InChI=1S/C15H18BN3O2/c1-14(2)15(3,4)21-16(20-14)12-7-5-6-11(8-12)13-18-9-17-10-19-13/h5-10H,1-4H3. The molecule has 1 aromatic carbocycles. The van der Waals surface area contributed by atoms with Crippen molar-refractivity contribution < 1.29 is 9.31 Å². The first-order valence-corrected chi connectivity index (χ1v) is 6.97. The normalized spacial score (nSPS) is 19.7. The smallest absolute Gasteiger partial charge is 0.399 e. The fourth-order valence-corrected chi connectivity index (χ4v) is 2.19. The van der Waals surface area contributed by atoms with E-state index < -0.39 is 0 Å². The third-order valence-corrected chi connectivity index (χ3v) is 4.16. The SMILES string of the molecule is CC1(C)OB(c2cccc(-c3ncncn3)c2)OC1(C)C. The maximum atomic E-state index is 6.07. The Balaban J connectivity index is 1.92. The molecule has 0 saturated carbocycles. The summed E-state index contributed by atoms with van der Waals surface area (Å²) < 4.78 is 12.1. The molecule has 0 atom stereocenters. The van der Waals surface area contributed by atoms with E-state index in [1.165, 1.54) is 12.7 Å². The molecule has 2 aromatic rings. The van der Waals surface area contributed by atoms with Gasteiger partial charge < -0.3 is 9.31 Å². The van der Waals surface area contributed by atoms with Crippen molar-refractivity contribution >= 4 is 12.6 Å². The molecule has 0 spiro atoms. The molecule has 5 nitrogen and oxygen atoms in total. The van der Waals surface area contributed by atoms with Gasteiger partial charge in [-0.1, -0.05) is 24.3 Å². The van der Waals surface area contributed by atoms with Crippen LogP contribution in [0.4, 0.5) is 0 Å². The molecule has 0 aliphatic carbocycles. The topological polar surface area (TPSA) is 57.1 Å². The van der Waals surface area contributed by atoms with Gasteiger partial charge >= 0.3 is 7.12 Å². The van der Waals surface area contributed by atoms with E-state index >= 15 is 0 Å².